The second-order valence-electron chi connectivity index (χ2n) is 2.31. The SMILES string of the molecule is CCC1NC=C1C(=O)NC. The normalized spacial score (nSPS) is 22.2. The molecule has 0 bridgehead atoms. The van der Waals surface area contributed by atoms with Crippen molar-refractivity contribution in [1.29, 1.82) is 0 Å². The number of amides is 1. The fourth-order valence-electron chi connectivity index (χ4n) is 0.990. The highest BCUT2D eigenvalue weighted by Gasteiger charge is 2.23. The number of hydrogen-bond donors (Lipinski definition) is 2. The molecule has 1 unspecified atom stereocenters. The van der Waals surface area contributed by atoms with Gasteiger partial charge in [-0.25, -0.2) is 0 Å². The van der Waals surface area contributed by atoms with Crippen molar-refractivity contribution in [3.05, 3.63) is 11.8 Å². The van der Waals surface area contributed by atoms with Crippen LogP contribution in [0.1, 0.15) is 13.3 Å². The molecule has 1 heterocycles. The first kappa shape index (κ1) is 7.12. The molecule has 1 atom stereocenters. The Labute approximate surface area is 60.5 Å². The van der Waals surface area contributed by atoms with Crippen LogP contribution in [0.5, 0.6) is 0 Å². The van der Waals surface area contributed by atoms with Crippen LogP contribution in [0.3, 0.4) is 0 Å². The Kier molecular flexibility index (Phi) is 1.94. The molecule has 0 saturated carbocycles. The van der Waals surface area contributed by atoms with Crippen LogP contribution >= 0.6 is 0 Å². The Morgan fingerprint density at radius 3 is 2.90 bits per heavy atom. The first-order valence-corrected chi connectivity index (χ1v) is 3.47. The van der Waals surface area contributed by atoms with Gasteiger partial charge < -0.3 is 10.6 Å². The van der Waals surface area contributed by atoms with E-state index in [0.29, 0.717) is 0 Å². The molecule has 2 N–H and O–H groups in total. The van der Waals surface area contributed by atoms with E-state index in [1.165, 1.54) is 0 Å². The minimum Gasteiger partial charge on any atom is -0.383 e. The number of rotatable bonds is 2. The smallest absolute Gasteiger partial charge is 0.250 e. The summed E-state index contributed by atoms with van der Waals surface area (Å²) in [5, 5.41) is 5.62. The number of likely N-dealkylation sites (N-methyl/N-ethyl adjacent to an activating group) is 1. The molecule has 0 aromatic rings. The minimum atomic E-state index is 0.0330. The van der Waals surface area contributed by atoms with E-state index in [9.17, 15) is 4.79 Å². The second kappa shape index (κ2) is 2.73. The molecular formula is C7H12N2O. The van der Waals surface area contributed by atoms with Crippen molar-refractivity contribution in [2.75, 3.05) is 7.05 Å². The average molecular weight is 140 g/mol. The summed E-state index contributed by atoms with van der Waals surface area (Å²) >= 11 is 0. The van der Waals surface area contributed by atoms with Crippen LogP contribution in [0, 0.1) is 0 Å². The molecule has 1 amide bonds. The lowest BCUT2D eigenvalue weighted by Gasteiger charge is -2.26. The number of carbonyl (C=O) groups is 1. The summed E-state index contributed by atoms with van der Waals surface area (Å²) in [6, 6.07) is 0.278. The zero-order valence-corrected chi connectivity index (χ0v) is 6.27. The molecule has 3 heteroatoms. The summed E-state index contributed by atoms with van der Waals surface area (Å²) in [7, 11) is 1.65. The largest absolute Gasteiger partial charge is 0.383 e. The van der Waals surface area contributed by atoms with Gasteiger partial charge in [0.05, 0.1) is 11.6 Å². The standard InChI is InChI=1S/C7H12N2O/c1-3-6-5(4-9-6)7(10)8-2/h4,6,9H,3H2,1-2H3,(H,8,10). The van der Waals surface area contributed by atoms with E-state index >= 15 is 0 Å². The lowest BCUT2D eigenvalue weighted by atomic mass is 10.00. The third kappa shape index (κ3) is 0.988. The predicted octanol–water partition coefficient (Wildman–Crippen LogP) is -0.00190. The van der Waals surface area contributed by atoms with E-state index in [1.807, 2.05) is 6.92 Å². The van der Waals surface area contributed by atoms with Gasteiger partial charge in [-0.15, -0.1) is 0 Å². The van der Waals surface area contributed by atoms with Gasteiger partial charge in [0.2, 0.25) is 0 Å². The van der Waals surface area contributed by atoms with Crippen molar-refractivity contribution < 1.29 is 4.79 Å². The number of nitrogens with one attached hydrogen (secondary N) is 2. The van der Waals surface area contributed by atoms with Crippen LogP contribution < -0.4 is 10.6 Å². The molecule has 0 fully saturated rings. The van der Waals surface area contributed by atoms with Gasteiger partial charge in [0, 0.05) is 13.2 Å². The van der Waals surface area contributed by atoms with E-state index in [2.05, 4.69) is 10.6 Å². The van der Waals surface area contributed by atoms with E-state index in [4.69, 9.17) is 0 Å². The fourth-order valence-corrected chi connectivity index (χ4v) is 0.990. The lowest BCUT2D eigenvalue weighted by Crippen LogP contribution is -2.42. The summed E-state index contributed by atoms with van der Waals surface area (Å²) in [5.74, 6) is 0.0330. The Morgan fingerprint density at radius 2 is 2.60 bits per heavy atom. The van der Waals surface area contributed by atoms with Crippen molar-refractivity contribution in [1.82, 2.24) is 10.6 Å². The van der Waals surface area contributed by atoms with Gasteiger partial charge in [0.1, 0.15) is 0 Å². The third-order valence-corrected chi connectivity index (χ3v) is 1.71. The topological polar surface area (TPSA) is 41.1 Å². The van der Waals surface area contributed by atoms with Crippen molar-refractivity contribution in [2.45, 2.75) is 19.4 Å². The summed E-state index contributed by atoms with van der Waals surface area (Å²) in [6.07, 6.45) is 2.73. The molecule has 1 aliphatic rings. The van der Waals surface area contributed by atoms with Gasteiger partial charge >= 0.3 is 0 Å². The van der Waals surface area contributed by atoms with Crippen LogP contribution in [0.25, 0.3) is 0 Å². The monoisotopic (exact) mass is 140 g/mol. The van der Waals surface area contributed by atoms with Gasteiger partial charge in [-0.2, -0.15) is 0 Å². The van der Waals surface area contributed by atoms with Gasteiger partial charge in [0.15, 0.2) is 0 Å². The maximum absolute atomic E-state index is 10.9. The summed E-state index contributed by atoms with van der Waals surface area (Å²) < 4.78 is 0. The molecule has 0 radical (unpaired) electrons. The molecule has 10 heavy (non-hydrogen) atoms. The molecule has 0 aromatic carbocycles. The Bertz CT molecular complexity index is 174. The Balaban J connectivity index is 2.51. The Hall–Kier alpha value is -0.990. The highest BCUT2D eigenvalue weighted by molar-refractivity contribution is 5.95. The van der Waals surface area contributed by atoms with E-state index < -0.39 is 0 Å². The molecule has 0 spiro atoms. The van der Waals surface area contributed by atoms with Crippen LogP contribution in [-0.2, 0) is 4.79 Å². The highest BCUT2D eigenvalue weighted by Crippen LogP contribution is 2.13. The number of hydrogen-bond acceptors (Lipinski definition) is 2. The maximum Gasteiger partial charge on any atom is 0.250 e. The minimum absolute atomic E-state index is 0.0330. The van der Waals surface area contributed by atoms with E-state index in [-0.39, 0.29) is 11.9 Å². The predicted molar refractivity (Wildman–Crippen MR) is 39.4 cm³/mol. The fraction of sp³-hybridized carbons (Fsp3) is 0.571. The average Bonchev–Trinajstić information content (AvgIpc) is 1.86. The van der Waals surface area contributed by atoms with E-state index in [0.717, 1.165) is 12.0 Å². The molecule has 1 aliphatic heterocycles. The second-order valence-corrected chi connectivity index (χ2v) is 2.31. The van der Waals surface area contributed by atoms with Gasteiger partial charge in [0.25, 0.3) is 5.91 Å². The van der Waals surface area contributed by atoms with Crippen molar-refractivity contribution >= 4 is 5.91 Å². The summed E-state index contributed by atoms with van der Waals surface area (Å²) in [4.78, 5) is 10.9. The van der Waals surface area contributed by atoms with Crippen molar-refractivity contribution in [3.8, 4) is 0 Å². The summed E-state index contributed by atoms with van der Waals surface area (Å²) in [6.45, 7) is 2.05. The first-order valence-electron chi connectivity index (χ1n) is 3.47. The van der Waals surface area contributed by atoms with E-state index in [1.54, 1.807) is 13.2 Å². The van der Waals surface area contributed by atoms with Gasteiger partial charge in [-0.1, -0.05) is 6.92 Å². The van der Waals surface area contributed by atoms with Gasteiger partial charge in [-0.05, 0) is 6.42 Å². The zero-order chi connectivity index (χ0) is 7.56. The van der Waals surface area contributed by atoms with Crippen molar-refractivity contribution in [2.24, 2.45) is 0 Å². The highest BCUT2D eigenvalue weighted by atomic mass is 16.1. The van der Waals surface area contributed by atoms with Crippen LogP contribution in [0.15, 0.2) is 11.8 Å². The maximum atomic E-state index is 10.9. The molecule has 0 saturated heterocycles. The van der Waals surface area contributed by atoms with Crippen LogP contribution in [0.2, 0.25) is 0 Å². The molecule has 3 nitrogen and oxygen atoms in total. The first-order chi connectivity index (χ1) is 4.79. The lowest BCUT2D eigenvalue weighted by molar-refractivity contribution is -0.117. The molecule has 0 aliphatic carbocycles. The molecule has 1 rings (SSSR count). The van der Waals surface area contributed by atoms with Gasteiger partial charge in [-0.3, -0.25) is 4.79 Å². The zero-order valence-electron chi connectivity index (χ0n) is 6.27. The molecule has 0 aromatic heterocycles. The summed E-state index contributed by atoms with van der Waals surface area (Å²) in [5.41, 5.74) is 0.866. The van der Waals surface area contributed by atoms with Crippen molar-refractivity contribution in [3.63, 3.8) is 0 Å². The third-order valence-electron chi connectivity index (χ3n) is 1.71. The molecular weight excluding hydrogens is 128 g/mol. The molecule has 56 valence electrons. The van der Waals surface area contributed by atoms with Crippen LogP contribution in [-0.4, -0.2) is 19.0 Å². The van der Waals surface area contributed by atoms with Crippen LogP contribution in [0.4, 0.5) is 0 Å². The quantitative estimate of drug-likeness (QED) is 0.566. The Morgan fingerprint density at radius 1 is 1.90 bits per heavy atom. The number of carbonyl (C=O) groups excluding carboxylic acids is 1.